The zero-order valence-electron chi connectivity index (χ0n) is 25.6. The van der Waals surface area contributed by atoms with Gasteiger partial charge in [0.05, 0.1) is 17.6 Å². The molecule has 15 heteroatoms. The minimum absolute atomic E-state index is 0.0310. The van der Waals surface area contributed by atoms with E-state index in [1.54, 1.807) is 17.5 Å². The Kier molecular flexibility index (Phi) is 8.38. The van der Waals surface area contributed by atoms with Crippen molar-refractivity contribution in [1.29, 1.82) is 0 Å². The maximum atomic E-state index is 15.7. The minimum Gasteiger partial charge on any atom is -0.481 e. The lowest BCUT2D eigenvalue weighted by Gasteiger charge is -2.46. The molecule has 1 aromatic carbocycles. The standard InChI is InChI=1S/C32H33F4N7O4/c1-17-16-47-23(15-43(17)20-5-8-31(2,9-6-20)30(45)46)28-41-25(26-27(37)39-11-12-42(26)28)21-4-3-18(13-22(21)33)29(44)40-24-14-19(7-10-38-24)32(34,35)36/h3-4,7,10-14,17,20,23H,5-6,8-9,15-16H2,1-2H3,(H2,37,39)(H,45,46)(H,38,40,44)/t17-,20?,23-,31?/m1/s1. The van der Waals surface area contributed by atoms with Crippen molar-refractivity contribution in [3.05, 3.63) is 71.7 Å². The van der Waals surface area contributed by atoms with Gasteiger partial charge in [0, 0.05) is 48.3 Å². The number of nitrogens with two attached hydrogens (primary N) is 1. The number of hydrogen-bond acceptors (Lipinski definition) is 8. The number of rotatable bonds is 6. The Morgan fingerprint density at radius 3 is 2.55 bits per heavy atom. The number of carbonyl (C=O) groups excluding carboxylic acids is 1. The van der Waals surface area contributed by atoms with Crippen LogP contribution in [0.1, 0.15) is 67.4 Å². The highest BCUT2D eigenvalue weighted by Crippen LogP contribution is 2.41. The van der Waals surface area contributed by atoms with Crippen molar-refractivity contribution in [2.75, 3.05) is 24.2 Å². The number of hydrogen-bond donors (Lipinski definition) is 3. The Balaban J connectivity index is 1.27. The predicted molar refractivity (Wildman–Crippen MR) is 163 cm³/mol. The zero-order valence-corrected chi connectivity index (χ0v) is 25.6. The molecule has 1 amide bonds. The molecule has 0 radical (unpaired) electrons. The fraction of sp³-hybridized carbons (Fsp3) is 0.406. The molecule has 2 fully saturated rings. The second-order valence-corrected chi connectivity index (χ2v) is 12.4. The number of imidazole rings is 1. The molecule has 6 rings (SSSR count). The summed E-state index contributed by atoms with van der Waals surface area (Å²) >= 11 is 0. The van der Waals surface area contributed by atoms with Crippen molar-refractivity contribution >= 4 is 29.0 Å². The monoisotopic (exact) mass is 655 g/mol. The van der Waals surface area contributed by atoms with Crippen LogP contribution in [0, 0.1) is 11.2 Å². The third-order valence-electron chi connectivity index (χ3n) is 9.24. The second kappa shape index (κ2) is 12.2. The fourth-order valence-electron chi connectivity index (χ4n) is 6.44. The van der Waals surface area contributed by atoms with Gasteiger partial charge in [0.25, 0.3) is 5.91 Å². The molecule has 1 saturated carbocycles. The molecule has 4 aromatic rings. The Labute approximate surface area is 266 Å². The number of fused-ring (bicyclic) bond motifs is 1. The van der Waals surface area contributed by atoms with E-state index in [9.17, 15) is 27.9 Å². The molecule has 47 heavy (non-hydrogen) atoms. The van der Waals surface area contributed by atoms with Crippen LogP contribution in [0.15, 0.2) is 48.9 Å². The number of nitrogens with zero attached hydrogens (tertiary/aromatic N) is 5. The smallest absolute Gasteiger partial charge is 0.416 e. The number of aliphatic carboxylic acids is 1. The summed E-state index contributed by atoms with van der Waals surface area (Å²) in [4.78, 5) is 39.6. The van der Waals surface area contributed by atoms with E-state index >= 15 is 4.39 Å². The summed E-state index contributed by atoms with van der Waals surface area (Å²) in [6.45, 7) is 4.73. The van der Waals surface area contributed by atoms with Gasteiger partial charge in [-0.05, 0) is 69.9 Å². The maximum absolute atomic E-state index is 15.7. The van der Waals surface area contributed by atoms with E-state index in [0.717, 1.165) is 31.2 Å². The number of halogens is 4. The molecule has 11 nitrogen and oxygen atoms in total. The van der Waals surface area contributed by atoms with E-state index in [4.69, 9.17) is 15.5 Å². The number of benzene rings is 1. The van der Waals surface area contributed by atoms with Crippen molar-refractivity contribution in [3.8, 4) is 11.3 Å². The largest absolute Gasteiger partial charge is 0.481 e. The summed E-state index contributed by atoms with van der Waals surface area (Å²) in [6.07, 6.45) is 1.55. The van der Waals surface area contributed by atoms with Crippen LogP contribution in [-0.4, -0.2) is 66.5 Å². The Bertz CT molecular complexity index is 1840. The van der Waals surface area contributed by atoms with Crippen molar-refractivity contribution in [2.45, 2.75) is 63.9 Å². The topological polar surface area (TPSA) is 148 Å². The number of carboxylic acid groups (broad SMARTS) is 1. The molecule has 2 aliphatic rings. The molecule has 4 N–H and O–H groups in total. The van der Waals surface area contributed by atoms with E-state index in [1.165, 1.54) is 18.3 Å². The maximum Gasteiger partial charge on any atom is 0.416 e. The zero-order chi connectivity index (χ0) is 33.7. The number of carbonyl (C=O) groups is 2. The van der Waals surface area contributed by atoms with Gasteiger partial charge in [-0.3, -0.25) is 18.9 Å². The Morgan fingerprint density at radius 2 is 1.87 bits per heavy atom. The van der Waals surface area contributed by atoms with Crippen molar-refractivity contribution in [2.24, 2.45) is 5.41 Å². The number of nitrogen functional groups attached to an aromatic ring is 1. The van der Waals surface area contributed by atoms with E-state index in [0.29, 0.717) is 43.4 Å². The summed E-state index contributed by atoms with van der Waals surface area (Å²) in [5.74, 6) is -2.20. The number of carboxylic acids is 1. The molecule has 0 spiro atoms. The number of aromatic nitrogens is 4. The number of anilines is 2. The molecule has 4 heterocycles. The van der Waals surface area contributed by atoms with E-state index in [1.807, 2.05) is 0 Å². The summed E-state index contributed by atoms with van der Waals surface area (Å²) in [7, 11) is 0. The third-order valence-corrected chi connectivity index (χ3v) is 9.24. The van der Waals surface area contributed by atoms with Gasteiger partial charge in [-0.15, -0.1) is 0 Å². The number of ether oxygens (including phenoxy) is 1. The number of amides is 1. The van der Waals surface area contributed by atoms with Gasteiger partial charge in [-0.25, -0.2) is 19.3 Å². The molecular weight excluding hydrogens is 622 g/mol. The normalized spacial score (nSPS) is 23.9. The average molecular weight is 656 g/mol. The highest BCUT2D eigenvalue weighted by molar-refractivity contribution is 6.04. The minimum atomic E-state index is -4.63. The third kappa shape index (κ3) is 6.24. The lowest BCUT2D eigenvalue weighted by Crippen LogP contribution is -2.52. The second-order valence-electron chi connectivity index (χ2n) is 12.4. The Morgan fingerprint density at radius 1 is 1.13 bits per heavy atom. The van der Waals surface area contributed by atoms with Crippen molar-refractivity contribution in [1.82, 2.24) is 24.3 Å². The first-order valence-corrected chi connectivity index (χ1v) is 15.1. The molecule has 3 aromatic heterocycles. The van der Waals surface area contributed by atoms with E-state index in [2.05, 4.69) is 27.1 Å². The van der Waals surface area contributed by atoms with Gasteiger partial charge < -0.3 is 20.9 Å². The average Bonchev–Trinajstić information content (AvgIpc) is 3.42. The molecule has 0 unspecified atom stereocenters. The number of morpholine rings is 1. The van der Waals surface area contributed by atoms with Crippen LogP contribution < -0.4 is 11.1 Å². The number of alkyl halides is 3. The summed E-state index contributed by atoms with van der Waals surface area (Å²) in [5.41, 5.74) is 4.95. The van der Waals surface area contributed by atoms with Crippen LogP contribution in [-0.2, 0) is 15.7 Å². The van der Waals surface area contributed by atoms with Crippen LogP contribution in [0.4, 0.5) is 29.2 Å². The van der Waals surface area contributed by atoms with Gasteiger partial charge in [-0.2, -0.15) is 13.2 Å². The highest BCUT2D eigenvalue weighted by Gasteiger charge is 2.42. The fourth-order valence-corrected chi connectivity index (χ4v) is 6.44. The van der Waals surface area contributed by atoms with Crippen LogP contribution >= 0.6 is 0 Å². The highest BCUT2D eigenvalue weighted by atomic mass is 19.4. The van der Waals surface area contributed by atoms with E-state index < -0.39 is 41.0 Å². The van der Waals surface area contributed by atoms with Crippen LogP contribution in [0.5, 0.6) is 0 Å². The van der Waals surface area contributed by atoms with Gasteiger partial charge in [0.1, 0.15) is 40.6 Å². The summed E-state index contributed by atoms with van der Waals surface area (Å²) in [6, 6.07) is 5.36. The first-order chi connectivity index (χ1) is 22.2. The van der Waals surface area contributed by atoms with Crippen molar-refractivity contribution < 1.29 is 37.0 Å². The molecule has 1 aliphatic carbocycles. The van der Waals surface area contributed by atoms with Gasteiger partial charge in [-0.1, -0.05) is 0 Å². The van der Waals surface area contributed by atoms with Crippen molar-refractivity contribution in [3.63, 3.8) is 0 Å². The number of nitrogens with one attached hydrogen (secondary N) is 1. The predicted octanol–water partition coefficient (Wildman–Crippen LogP) is 5.58. The van der Waals surface area contributed by atoms with Crippen LogP contribution in [0.2, 0.25) is 0 Å². The Hall–Kier alpha value is -4.63. The molecule has 248 valence electrons. The SMILES string of the molecule is C[C@@H]1CO[C@@H](c2nc(-c3ccc(C(=O)Nc4cc(C(F)(F)F)ccn4)cc3F)c3c(N)nccn23)CN1C1CCC(C)(C(=O)O)CC1. The number of pyridine rings is 1. The van der Waals surface area contributed by atoms with E-state index in [-0.39, 0.29) is 40.5 Å². The summed E-state index contributed by atoms with van der Waals surface area (Å²) < 4.78 is 62.9. The van der Waals surface area contributed by atoms with Gasteiger partial charge in [0.2, 0.25) is 0 Å². The van der Waals surface area contributed by atoms with Gasteiger partial charge >= 0.3 is 12.1 Å². The molecular formula is C32H33F4N7O4. The van der Waals surface area contributed by atoms with Gasteiger partial charge in [0.15, 0.2) is 0 Å². The first kappa shape index (κ1) is 32.3. The molecule has 1 saturated heterocycles. The lowest BCUT2D eigenvalue weighted by atomic mass is 9.73. The molecule has 0 bridgehead atoms. The first-order valence-electron chi connectivity index (χ1n) is 15.1. The lowest BCUT2D eigenvalue weighted by molar-refractivity contribution is -0.151. The van der Waals surface area contributed by atoms with Crippen LogP contribution in [0.3, 0.4) is 0 Å². The summed E-state index contributed by atoms with van der Waals surface area (Å²) in [5, 5.41) is 11.9. The van der Waals surface area contributed by atoms with Crippen LogP contribution in [0.25, 0.3) is 16.8 Å². The molecule has 2 atom stereocenters. The molecule has 1 aliphatic heterocycles. The quantitative estimate of drug-likeness (QED) is 0.227.